The molecule has 1 N–H and O–H groups in total. The lowest BCUT2D eigenvalue weighted by molar-refractivity contribution is -0.119. The van der Waals surface area contributed by atoms with Crippen LogP contribution in [0.3, 0.4) is 0 Å². The predicted octanol–water partition coefficient (Wildman–Crippen LogP) is 3.28. The van der Waals surface area contributed by atoms with Gasteiger partial charge in [0.05, 0.1) is 9.88 Å². The lowest BCUT2D eigenvalue weighted by Crippen LogP contribution is -2.37. The number of benzene rings is 1. The fraction of sp³-hybridized carbons (Fsp3) is 0.421. The fourth-order valence-corrected chi connectivity index (χ4v) is 3.92. The first-order chi connectivity index (χ1) is 11.9. The zero-order valence-corrected chi connectivity index (χ0v) is 15.6. The van der Waals surface area contributed by atoms with E-state index in [4.69, 9.17) is 0 Å². The van der Waals surface area contributed by atoms with E-state index in [2.05, 4.69) is 24.1 Å². The van der Waals surface area contributed by atoms with Crippen LogP contribution in [0.1, 0.15) is 48.5 Å². The number of thiazole rings is 1. The molecule has 3 rings (SSSR count). The Kier molecular flexibility index (Phi) is 5.18. The van der Waals surface area contributed by atoms with Crippen molar-refractivity contribution in [2.45, 2.75) is 39.2 Å². The fourth-order valence-electron chi connectivity index (χ4n) is 3.00. The van der Waals surface area contributed by atoms with E-state index in [-0.39, 0.29) is 17.9 Å². The van der Waals surface area contributed by atoms with Crippen LogP contribution in [-0.2, 0) is 4.79 Å². The maximum atomic E-state index is 12.6. The number of likely N-dealkylation sites (tertiary alicyclic amines) is 1. The van der Waals surface area contributed by atoms with Crippen LogP contribution < -0.4 is 5.32 Å². The highest BCUT2D eigenvalue weighted by Gasteiger charge is 2.27. The molecule has 1 aromatic heterocycles. The molecule has 0 unspecified atom stereocenters. The molecule has 1 aromatic carbocycles. The van der Waals surface area contributed by atoms with E-state index in [0.717, 1.165) is 21.9 Å². The van der Waals surface area contributed by atoms with E-state index in [1.54, 1.807) is 16.2 Å². The number of amides is 2. The minimum Gasteiger partial charge on any atom is -0.352 e. The van der Waals surface area contributed by atoms with Crippen molar-refractivity contribution in [3.05, 3.63) is 41.0 Å². The van der Waals surface area contributed by atoms with Crippen LogP contribution in [0, 0.1) is 0 Å². The van der Waals surface area contributed by atoms with E-state index >= 15 is 0 Å². The zero-order valence-electron chi connectivity index (χ0n) is 14.8. The highest BCUT2D eigenvalue weighted by molar-refractivity contribution is 7.15. The zero-order chi connectivity index (χ0) is 18.0. The van der Waals surface area contributed by atoms with Gasteiger partial charge in [0, 0.05) is 43.7 Å². The van der Waals surface area contributed by atoms with Crippen molar-refractivity contribution in [3.63, 3.8) is 0 Å². The quantitative estimate of drug-likeness (QED) is 0.913. The van der Waals surface area contributed by atoms with E-state index in [1.807, 2.05) is 30.5 Å². The SMILES string of the molecule is CC(=O)N[C@H]1CCN(C(=O)c2ccc(-c3cnc(C(C)C)s3)cc2)C1. The van der Waals surface area contributed by atoms with Gasteiger partial charge in [-0.05, 0) is 24.1 Å². The summed E-state index contributed by atoms with van der Waals surface area (Å²) >= 11 is 1.69. The summed E-state index contributed by atoms with van der Waals surface area (Å²) in [5, 5.41) is 4.00. The molecule has 1 aliphatic heterocycles. The lowest BCUT2D eigenvalue weighted by Gasteiger charge is -2.17. The van der Waals surface area contributed by atoms with Crippen LogP contribution in [0.15, 0.2) is 30.5 Å². The molecular formula is C19H23N3O2S. The molecule has 25 heavy (non-hydrogen) atoms. The summed E-state index contributed by atoms with van der Waals surface area (Å²) in [7, 11) is 0. The second-order valence-electron chi connectivity index (χ2n) is 6.73. The maximum absolute atomic E-state index is 12.6. The Morgan fingerprint density at radius 3 is 2.60 bits per heavy atom. The van der Waals surface area contributed by atoms with Crippen molar-refractivity contribution in [2.75, 3.05) is 13.1 Å². The third kappa shape index (κ3) is 4.07. The number of carbonyl (C=O) groups excluding carboxylic acids is 2. The lowest BCUT2D eigenvalue weighted by atomic mass is 10.1. The molecule has 132 valence electrons. The van der Waals surface area contributed by atoms with Gasteiger partial charge in [-0.15, -0.1) is 11.3 Å². The molecule has 2 aromatic rings. The van der Waals surface area contributed by atoms with Crippen molar-refractivity contribution < 1.29 is 9.59 Å². The molecular weight excluding hydrogens is 334 g/mol. The average molecular weight is 357 g/mol. The van der Waals surface area contributed by atoms with Gasteiger partial charge in [0.25, 0.3) is 5.91 Å². The number of carbonyl (C=O) groups is 2. The molecule has 0 radical (unpaired) electrons. The van der Waals surface area contributed by atoms with Crippen molar-refractivity contribution in [1.82, 2.24) is 15.2 Å². The van der Waals surface area contributed by atoms with Gasteiger partial charge in [0.1, 0.15) is 0 Å². The largest absolute Gasteiger partial charge is 0.352 e. The number of hydrogen-bond donors (Lipinski definition) is 1. The molecule has 2 heterocycles. The van der Waals surface area contributed by atoms with Crippen LogP contribution >= 0.6 is 11.3 Å². The van der Waals surface area contributed by atoms with Gasteiger partial charge in [-0.25, -0.2) is 4.98 Å². The topological polar surface area (TPSA) is 62.3 Å². The molecule has 1 aliphatic rings. The summed E-state index contributed by atoms with van der Waals surface area (Å²) in [6.45, 7) is 7.03. The number of nitrogens with zero attached hydrogens (tertiary/aromatic N) is 2. The van der Waals surface area contributed by atoms with Crippen molar-refractivity contribution in [1.29, 1.82) is 0 Å². The van der Waals surface area contributed by atoms with Crippen LogP contribution in [0.4, 0.5) is 0 Å². The van der Waals surface area contributed by atoms with Crippen molar-refractivity contribution >= 4 is 23.2 Å². The Labute approximate surface area is 152 Å². The molecule has 1 saturated heterocycles. The minimum absolute atomic E-state index is 0.0200. The second kappa shape index (κ2) is 7.35. The molecule has 6 heteroatoms. The van der Waals surface area contributed by atoms with Gasteiger partial charge in [-0.1, -0.05) is 26.0 Å². The first-order valence-electron chi connectivity index (χ1n) is 8.56. The van der Waals surface area contributed by atoms with Gasteiger partial charge < -0.3 is 10.2 Å². The van der Waals surface area contributed by atoms with E-state index in [1.165, 1.54) is 6.92 Å². The highest BCUT2D eigenvalue weighted by Crippen LogP contribution is 2.30. The Morgan fingerprint density at radius 1 is 1.28 bits per heavy atom. The second-order valence-corrected chi connectivity index (χ2v) is 7.79. The summed E-state index contributed by atoms with van der Waals surface area (Å²) < 4.78 is 0. The van der Waals surface area contributed by atoms with Crippen molar-refractivity contribution in [2.24, 2.45) is 0 Å². The van der Waals surface area contributed by atoms with Gasteiger partial charge in [0.15, 0.2) is 0 Å². The number of rotatable bonds is 4. The van der Waals surface area contributed by atoms with E-state index in [9.17, 15) is 9.59 Å². The molecule has 0 saturated carbocycles. The molecule has 0 spiro atoms. The monoisotopic (exact) mass is 357 g/mol. The average Bonchev–Trinajstić information content (AvgIpc) is 3.23. The van der Waals surface area contributed by atoms with Gasteiger partial charge in [-0.2, -0.15) is 0 Å². The Bertz CT molecular complexity index is 767. The predicted molar refractivity (Wildman–Crippen MR) is 99.8 cm³/mol. The summed E-state index contributed by atoms with van der Waals surface area (Å²) in [5.41, 5.74) is 1.76. The van der Waals surface area contributed by atoms with Gasteiger partial charge >= 0.3 is 0 Å². The van der Waals surface area contributed by atoms with Crippen molar-refractivity contribution in [3.8, 4) is 10.4 Å². The summed E-state index contributed by atoms with van der Waals surface area (Å²) in [6, 6.07) is 7.77. The van der Waals surface area contributed by atoms with Gasteiger partial charge in [-0.3, -0.25) is 9.59 Å². The summed E-state index contributed by atoms with van der Waals surface area (Å²) in [4.78, 5) is 31.1. The molecule has 1 atom stereocenters. The standard InChI is InChI=1S/C19H23N3O2S/c1-12(2)18-20-10-17(25-18)14-4-6-15(7-5-14)19(24)22-9-8-16(11-22)21-13(3)23/h4-7,10,12,16H,8-9,11H2,1-3H3,(H,21,23)/t16-/m0/s1. The molecule has 1 fully saturated rings. The van der Waals surface area contributed by atoms with Crippen LogP contribution in [0.5, 0.6) is 0 Å². The highest BCUT2D eigenvalue weighted by atomic mass is 32.1. The molecule has 0 bridgehead atoms. The molecule has 2 amide bonds. The molecule has 5 nitrogen and oxygen atoms in total. The van der Waals surface area contributed by atoms with Crippen LogP contribution in [0.25, 0.3) is 10.4 Å². The first kappa shape index (κ1) is 17.6. The maximum Gasteiger partial charge on any atom is 0.253 e. The third-order valence-corrected chi connectivity index (χ3v) is 5.66. The molecule has 0 aliphatic carbocycles. The summed E-state index contributed by atoms with van der Waals surface area (Å²) in [5.74, 6) is 0.395. The summed E-state index contributed by atoms with van der Waals surface area (Å²) in [6.07, 6.45) is 2.71. The normalized spacial score (nSPS) is 17.1. The first-order valence-corrected chi connectivity index (χ1v) is 9.38. The Balaban J connectivity index is 1.67. The number of hydrogen-bond acceptors (Lipinski definition) is 4. The number of aromatic nitrogens is 1. The van der Waals surface area contributed by atoms with E-state index in [0.29, 0.717) is 24.6 Å². The smallest absolute Gasteiger partial charge is 0.253 e. The Hall–Kier alpha value is -2.21. The van der Waals surface area contributed by atoms with Crippen LogP contribution in [0.2, 0.25) is 0 Å². The van der Waals surface area contributed by atoms with Crippen LogP contribution in [-0.4, -0.2) is 40.8 Å². The third-order valence-electron chi connectivity index (χ3n) is 4.32. The van der Waals surface area contributed by atoms with Gasteiger partial charge in [0.2, 0.25) is 5.91 Å². The minimum atomic E-state index is -0.0472. The Morgan fingerprint density at radius 2 is 2.00 bits per heavy atom. The van der Waals surface area contributed by atoms with E-state index < -0.39 is 0 Å². The number of nitrogens with one attached hydrogen (secondary N) is 1.